The highest BCUT2D eigenvalue weighted by atomic mass is 15.1. The average Bonchev–Trinajstić information content (AvgIpc) is 3.63. The van der Waals surface area contributed by atoms with Crippen LogP contribution in [-0.2, 0) is 5.41 Å². The van der Waals surface area contributed by atoms with E-state index in [-0.39, 0.29) is 5.41 Å². The minimum Gasteiger partial charge on any atom is -0.311 e. The second-order valence-electron chi connectivity index (χ2n) is 16.6. The summed E-state index contributed by atoms with van der Waals surface area (Å²) in [6.07, 6.45) is 15.8. The third kappa shape index (κ3) is 7.14. The number of allylic oxidation sites excluding steroid dienone is 3. The summed E-state index contributed by atoms with van der Waals surface area (Å²) in [4.78, 5) is 2.43. The first-order valence-corrected chi connectivity index (χ1v) is 22.3. The van der Waals surface area contributed by atoms with E-state index in [0.29, 0.717) is 0 Å². The molecule has 0 bridgehead atoms. The Hall–Kier alpha value is -7.22. The van der Waals surface area contributed by atoms with E-state index in [1.807, 2.05) is 0 Å². The van der Waals surface area contributed by atoms with Crippen LogP contribution in [0.25, 0.3) is 67.8 Å². The number of benzene rings is 8. The Morgan fingerprint density at radius 2 is 0.919 bits per heavy atom. The van der Waals surface area contributed by atoms with Crippen molar-refractivity contribution in [3.05, 3.63) is 240 Å². The van der Waals surface area contributed by atoms with Gasteiger partial charge >= 0.3 is 0 Å². The molecule has 0 saturated carbocycles. The zero-order valence-electron chi connectivity index (χ0n) is 35.6. The predicted molar refractivity (Wildman–Crippen MR) is 265 cm³/mol. The van der Waals surface area contributed by atoms with Crippen LogP contribution in [0.1, 0.15) is 61.8 Å². The second kappa shape index (κ2) is 17.0. The highest BCUT2D eigenvalue weighted by molar-refractivity contribution is 6.01. The van der Waals surface area contributed by atoms with Crippen molar-refractivity contribution < 1.29 is 0 Å². The molecule has 8 aromatic rings. The summed E-state index contributed by atoms with van der Waals surface area (Å²) in [6.45, 7) is 4.73. The Bertz CT molecular complexity index is 2930. The molecular weight excluding hydrogens is 747 g/mol. The monoisotopic (exact) mass is 797 g/mol. The quantitative estimate of drug-likeness (QED) is 0.118. The molecule has 300 valence electrons. The molecule has 8 aromatic carbocycles. The zero-order valence-corrected chi connectivity index (χ0v) is 35.6. The molecule has 0 aliphatic heterocycles. The van der Waals surface area contributed by atoms with Crippen LogP contribution < -0.4 is 4.90 Å². The van der Waals surface area contributed by atoms with Crippen molar-refractivity contribution in [2.24, 2.45) is 0 Å². The topological polar surface area (TPSA) is 3.24 Å². The van der Waals surface area contributed by atoms with Crippen LogP contribution >= 0.6 is 0 Å². The van der Waals surface area contributed by atoms with E-state index in [4.69, 9.17) is 0 Å². The molecule has 0 radical (unpaired) electrons. The molecule has 0 N–H and O–H groups in total. The van der Waals surface area contributed by atoms with Crippen LogP contribution in [0.3, 0.4) is 0 Å². The van der Waals surface area contributed by atoms with Gasteiger partial charge in [-0.3, -0.25) is 0 Å². The maximum Gasteiger partial charge on any atom is 0.0464 e. The smallest absolute Gasteiger partial charge is 0.0464 e. The van der Waals surface area contributed by atoms with Crippen molar-refractivity contribution in [2.45, 2.75) is 44.9 Å². The van der Waals surface area contributed by atoms with E-state index in [2.05, 4.69) is 243 Å². The van der Waals surface area contributed by atoms with Gasteiger partial charge in [0, 0.05) is 22.5 Å². The van der Waals surface area contributed by atoms with Gasteiger partial charge in [0.15, 0.2) is 0 Å². The van der Waals surface area contributed by atoms with Gasteiger partial charge in [0.1, 0.15) is 0 Å². The fraction of sp³-hybridized carbons (Fsp3) is 0.115. The van der Waals surface area contributed by atoms with Gasteiger partial charge in [-0.05, 0) is 134 Å². The minimum atomic E-state index is -0.0630. The normalized spacial score (nSPS) is 13.7. The lowest BCUT2D eigenvalue weighted by molar-refractivity contribution is 0.490. The maximum atomic E-state index is 2.48. The summed E-state index contributed by atoms with van der Waals surface area (Å²) in [5, 5.41) is 0. The molecule has 1 nitrogen and oxygen atoms in total. The van der Waals surface area contributed by atoms with Gasteiger partial charge in [-0.25, -0.2) is 0 Å². The summed E-state index contributed by atoms with van der Waals surface area (Å²) < 4.78 is 0. The van der Waals surface area contributed by atoms with Crippen molar-refractivity contribution in [2.75, 3.05) is 4.90 Å². The standard InChI is InChI=1S/C61H51N/c1-3-61(4-2)57-42-45(34-38-55(57)56-39-37-52(43-58(56)61)62(50-26-16-8-17-27-50)51-28-18-9-19-29-51)31-30-44-32-35-49(36-33-44)60-54(47-22-12-6-13-23-47)41-40-53(46-20-10-5-11-21-46)59(60)48-24-14-7-15-25-48/h5-8,10-18,20-43H,3-4,9,19H2,1-2H3/b31-30+. The Labute approximate surface area is 367 Å². The van der Waals surface area contributed by atoms with Crippen LogP contribution in [0.4, 0.5) is 11.4 Å². The number of hydrogen-bond acceptors (Lipinski definition) is 1. The van der Waals surface area contributed by atoms with Gasteiger partial charge in [-0.15, -0.1) is 0 Å². The second-order valence-corrected chi connectivity index (χ2v) is 16.6. The Kier molecular flexibility index (Phi) is 10.7. The van der Waals surface area contributed by atoms with Crippen LogP contribution in [0.2, 0.25) is 0 Å². The van der Waals surface area contributed by atoms with Gasteiger partial charge in [-0.1, -0.05) is 208 Å². The number of anilines is 2. The molecule has 0 heterocycles. The molecular formula is C61H51N. The average molecular weight is 798 g/mol. The first-order chi connectivity index (χ1) is 30.6. The van der Waals surface area contributed by atoms with E-state index in [1.165, 1.54) is 95.0 Å². The molecule has 0 unspecified atom stereocenters. The summed E-state index contributed by atoms with van der Waals surface area (Å²) in [6, 6.07) is 71.3. The fourth-order valence-electron chi connectivity index (χ4n) is 10.0. The summed E-state index contributed by atoms with van der Waals surface area (Å²) in [7, 11) is 0. The molecule has 0 fully saturated rings. The summed E-state index contributed by atoms with van der Waals surface area (Å²) >= 11 is 0. The number of rotatable bonds is 11. The number of para-hydroxylation sites is 1. The van der Waals surface area contributed by atoms with Crippen molar-refractivity contribution in [1.29, 1.82) is 0 Å². The van der Waals surface area contributed by atoms with Gasteiger partial charge < -0.3 is 4.90 Å². The molecule has 10 rings (SSSR count). The van der Waals surface area contributed by atoms with Crippen molar-refractivity contribution in [3.63, 3.8) is 0 Å². The van der Waals surface area contributed by atoms with Crippen molar-refractivity contribution in [1.82, 2.24) is 0 Å². The van der Waals surface area contributed by atoms with Crippen molar-refractivity contribution >= 4 is 23.5 Å². The number of fused-ring (bicyclic) bond motifs is 3. The lowest BCUT2D eigenvalue weighted by Crippen LogP contribution is -2.24. The van der Waals surface area contributed by atoms with Crippen LogP contribution in [-0.4, -0.2) is 0 Å². The van der Waals surface area contributed by atoms with E-state index in [0.717, 1.165) is 25.7 Å². The molecule has 0 spiro atoms. The molecule has 0 atom stereocenters. The van der Waals surface area contributed by atoms with Crippen LogP contribution in [0.15, 0.2) is 218 Å². The molecule has 0 amide bonds. The Morgan fingerprint density at radius 3 is 1.48 bits per heavy atom. The summed E-state index contributed by atoms with van der Waals surface area (Å²) in [5.41, 5.74) is 21.4. The Morgan fingerprint density at radius 1 is 0.435 bits per heavy atom. The number of nitrogens with zero attached hydrogens (tertiary/aromatic N) is 1. The molecule has 1 heteroatoms. The maximum absolute atomic E-state index is 2.48. The molecule has 62 heavy (non-hydrogen) atoms. The van der Waals surface area contributed by atoms with Gasteiger partial charge in [0.05, 0.1) is 0 Å². The lowest BCUT2D eigenvalue weighted by Gasteiger charge is -2.32. The van der Waals surface area contributed by atoms with Gasteiger partial charge in [0.25, 0.3) is 0 Å². The Balaban J connectivity index is 1.00. The third-order valence-electron chi connectivity index (χ3n) is 13.2. The lowest BCUT2D eigenvalue weighted by atomic mass is 9.73. The van der Waals surface area contributed by atoms with Crippen molar-refractivity contribution in [3.8, 4) is 55.6 Å². The van der Waals surface area contributed by atoms with Gasteiger partial charge in [-0.2, -0.15) is 0 Å². The van der Waals surface area contributed by atoms with Crippen LogP contribution in [0, 0.1) is 0 Å². The van der Waals surface area contributed by atoms with Crippen LogP contribution in [0.5, 0.6) is 0 Å². The highest BCUT2D eigenvalue weighted by Gasteiger charge is 2.41. The van der Waals surface area contributed by atoms with Gasteiger partial charge in [0.2, 0.25) is 0 Å². The first kappa shape index (κ1) is 38.9. The number of hydrogen-bond donors (Lipinski definition) is 0. The van der Waals surface area contributed by atoms with E-state index in [1.54, 1.807) is 0 Å². The zero-order chi connectivity index (χ0) is 41.9. The highest BCUT2D eigenvalue weighted by Crippen LogP contribution is 2.54. The van der Waals surface area contributed by atoms with E-state index >= 15 is 0 Å². The molecule has 0 aromatic heterocycles. The third-order valence-corrected chi connectivity index (χ3v) is 13.2. The molecule has 2 aliphatic rings. The van der Waals surface area contributed by atoms with E-state index in [9.17, 15) is 0 Å². The molecule has 2 aliphatic carbocycles. The minimum absolute atomic E-state index is 0.0630. The largest absolute Gasteiger partial charge is 0.311 e. The first-order valence-electron chi connectivity index (χ1n) is 22.3. The predicted octanol–water partition coefficient (Wildman–Crippen LogP) is 17.0. The summed E-state index contributed by atoms with van der Waals surface area (Å²) in [5.74, 6) is 0. The SMILES string of the molecule is CCC1(CC)c2cc(/C=C/c3ccc(-c4c(-c5ccccc5)ccc(-c5ccccc5)c4-c4ccccc4)cc3)ccc2-c2ccc(N(C3=CCCC=C3)c3ccccc3)cc21. The molecule has 0 saturated heterocycles. The van der Waals surface area contributed by atoms with E-state index < -0.39 is 0 Å². The fourth-order valence-corrected chi connectivity index (χ4v) is 10.0.